The molecule has 1 aromatic heterocycles. The van der Waals surface area contributed by atoms with E-state index < -0.39 is 6.43 Å². The maximum absolute atomic E-state index is 13.5. The van der Waals surface area contributed by atoms with Crippen molar-refractivity contribution in [3.05, 3.63) is 35.7 Å². The molecule has 0 saturated heterocycles. The maximum atomic E-state index is 13.5. The number of nitrogens with zero attached hydrogens (tertiary/aromatic N) is 3. The van der Waals surface area contributed by atoms with Crippen LogP contribution in [0.3, 0.4) is 0 Å². The predicted molar refractivity (Wildman–Crippen MR) is 91.1 cm³/mol. The fourth-order valence-corrected chi connectivity index (χ4v) is 3.01. The van der Waals surface area contributed by atoms with Gasteiger partial charge >= 0.3 is 0 Å². The number of rotatable bonds is 3. The summed E-state index contributed by atoms with van der Waals surface area (Å²) in [6.07, 6.45) is 1.84. The molecule has 5 heteroatoms. The molecule has 0 amide bonds. The van der Waals surface area contributed by atoms with Crippen LogP contribution >= 0.6 is 0 Å². The van der Waals surface area contributed by atoms with Crippen LogP contribution in [0.2, 0.25) is 0 Å². The minimum absolute atomic E-state index is 0.0919. The summed E-state index contributed by atoms with van der Waals surface area (Å²) in [6.45, 7) is 9.07. The summed E-state index contributed by atoms with van der Waals surface area (Å²) in [5.74, 6) is 0. The molecular formula is C18H25F2N3. The van der Waals surface area contributed by atoms with Gasteiger partial charge < -0.3 is 4.90 Å². The van der Waals surface area contributed by atoms with Crippen molar-refractivity contribution in [2.24, 2.45) is 7.05 Å². The van der Waals surface area contributed by atoms with Crippen LogP contribution in [-0.4, -0.2) is 22.4 Å². The van der Waals surface area contributed by atoms with E-state index >= 15 is 0 Å². The third kappa shape index (κ3) is 3.38. The molecule has 2 heterocycles. The summed E-state index contributed by atoms with van der Waals surface area (Å²) in [6, 6.07) is 3.90. The lowest BCUT2D eigenvalue weighted by Crippen LogP contribution is -2.28. The molecule has 0 N–H and O–H groups in total. The second-order valence-electron chi connectivity index (χ2n) is 5.81. The molecule has 0 bridgehead atoms. The molecule has 23 heavy (non-hydrogen) atoms. The van der Waals surface area contributed by atoms with E-state index in [4.69, 9.17) is 0 Å². The van der Waals surface area contributed by atoms with Crippen molar-refractivity contribution in [2.75, 3.05) is 11.4 Å². The van der Waals surface area contributed by atoms with Crippen LogP contribution in [-0.2, 0) is 13.5 Å². The topological polar surface area (TPSA) is 21.1 Å². The quantitative estimate of drug-likeness (QED) is 0.808. The van der Waals surface area contributed by atoms with Crippen LogP contribution in [0.5, 0.6) is 0 Å². The third-order valence-corrected chi connectivity index (χ3v) is 4.06. The van der Waals surface area contributed by atoms with E-state index in [0.29, 0.717) is 11.6 Å². The van der Waals surface area contributed by atoms with Crippen molar-refractivity contribution in [3.63, 3.8) is 0 Å². The van der Waals surface area contributed by atoms with Crippen molar-refractivity contribution in [1.82, 2.24) is 9.78 Å². The second kappa shape index (κ2) is 7.11. The van der Waals surface area contributed by atoms with E-state index in [9.17, 15) is 8.78 Å². The van der Waals surface area contributed by atoms with E-state index in [0.717, 1.165) is 29.8 Å². The molecule has 0 aliphatic carbocycles. The van der Waals surface area contributed by atoms with Crippen LogP contribution in [0.15, 0.2) is 24.5 Å². The first kappa shape index (κ1) is 17.4. The highest BCUT2D eigenvalue weighted by atomic mass is 19.3. The molecule has 1 aromatic carbocycles. The largest absolute Gasteiger partial charge is 0.369 e. The highest BCUT2D eigenvalue weighted by Gasteiger charge is 2.26. The maximum Gasteiger partial charge on any atom is 0.264 e. The first-order valence-corrected chi connectivity index (χ1v) is 8.18. The summed E-state index contributed by atoms with van der Waals surface area (Å²) in [4.78, 5) is 2.19. The fraction of sp³-hybridized carbons (Fsp3) is 0.500. The number of alkyl halides is 2. The molecule has 2 aromatic rings. The van der Waals surface area contributed by atoms with Crippen LogP contribution in [0.4, 0.5) is 14.5 Å². The molecule has 0 unspecified atom stereocenters. The summed E-state index contributed by atoms with van der Waals surface area (Å²) in [7, 11) is 1.79. The van der Waals surface area contributed by atoms with Crippen molar-refractivity contribution in [2.45, 2.75) is 46.6 Å². The van der Waals surface area contributed by atoms with Gasteiger partial charge in [0, 0.05) is 42.6 Å². The van der Waals surface area contributed by atoms with Gasteiger partial charge in [0.1, 0.15) is 0 Å². The summed E-state index contributed by atoms with van der Waals surface area (Å²) in [5.41, 5.74) is 3.54. The van der Waals surface area contributed by atoms with Crippen LogP contribution in [0.25, 0.3) is 11.1 Å². The molecule has 0 fully saturated rings. The molecule has 3 nitrogen and oxygen atoms in total. The summed E-state index contributed by atoms with van der Waals surface area (Å²) in [5, 5.41) is 4.09. The minimum atomic E-state index is -2.49. The molecule has 0 saturated carbocycles. The first-order chi connectivity index (χ1) is 11.0. The molecule has 126 valence electrons. The Morgan fingerprint density at radius 2 is 1.87 bits per heavy atom. The number of hydrogen-bond donors (Lipinski definition) is 0. The smallest absolute Gasteiger partial charge is 0.264 e. The van der Waals surface area contributed by atoms with Crippen molar-refractivity contribution < 1.29 is 8.78 Å². The molecular weight excluding hydrogens is 296 g/mol. The molecule has 0 atom stereocenters. The van der Waals surface area contributed by atoms with Crippen molar-refractivity contribution in [3.8, 4) is 11.1 Å². The lowest BCUT2D eigenvalue weighted by Gasteiger charge is -2.25. The number of fused-ring (bicyclic) bond motifs is 1. The molecule has 3 rings (SSSR count). The average Bonchev–Trinajstić information content (AvgIpc) is 3.13. The number of benzene rings is 1. The highest BCUT2D eigenvalue weighted by molar-refractivity contribution is 5.74. The first-order valence-electron chi connectivity index (χ1n) is 8.18. The number of halogens is 2. The minimum Gasteiger partial charge on any atom is -0.369 e. The standard InChI is InChI=1S/C16H19F2N3.C2H6/c1-10(2)21-5-4-11-6-13(12-8-19-20(3)9-12)14(16(17)18)7-15(11)21;1-2/h6-10,16H,4-5H2,1-3H3;1-2H3. The lowest BCUT2D eigenvalue weighted by molar-refractivity contribution is 0.152. The Bertz CT molecular complexity index is 662. The van der Waals surface area contributed by atoms with Gasteiger partial charge in [-0.15, -0.1) is 0 Å². The lowest BCUT2D eigenvalue weighted by atomic mass is 9.98. The predicted octanol–water partition coefficient (Wildman–Crippen LogP) is 4.82. The van der Waals surface area contributed by atoms with Crippen molar-refractivity contribution >= 4 is 5.69 Å². The van der Waals surface area contributed by atoms with Crippen LogP contribution < -0.4 is 4.90 Å². The fourth-order valence-electron chi connectivity index (χ4n) is 3.01. The Morgan fingerprint density at radius 1 is 1.17 bits per heavy atom. The van der Waals surface area contributed by atoms with E-state index in [1.165, 1.54) is 0 Å². The Morgan fingerprint density at radius 3 is 2.39 bits per heavy atom. The van der Waals surface area contributed by atoms with Gasteiger partial charge in [-0.05, 0) is 43.5 Å². The molecule has 1 aliphatic rings. The van der Waals surface area contributed by atoms with Gasteiger partial charge in [0.25, 0.3) is 6.43 Å². The third-order valence-electron chi connectivity index (χ3n) is 4.06. The van der Waals surface area contributed by atoms with Gasteiger partial charge in [0.05, 0.1) is 6.20 Å². The normalized spacial score (nSPS) is 13.3. The van der Waals surface area contributed by atoms with E-state index in [1.807, 2.05) is 19.9 Å². The zero-order valence-electron chi connectivity index (χ0n) is 14.5. The molecule has 0 radical (unpaired) electrons. The van der Waals surface area contributed by atoms with Gasteiger partial charge in [-0.2, -0.15) is 5.10 Å². The van der Waals surface area contributed by atoms with E-state index in [1.54, 1.807) is 30.2 Å². The van der Waals surface area contributed by atoms with Gasteiger partial charge in [-0.1, -0.05) is 13.8 Å². The van der Waals surface area contributed by atoms with E-state index in [2.05, 4.69) is 23.8 Å². The number of aryl methyl sites for hydroxylation is 1. The molecule has 1 aliphatic heterocycles. The van der Waals surface area contributed by atoms with Crippen LogP contribution in [0, 0.1) is 0 Å². The zero-order valence-corrected chi connectivity index (χ0v) is 14.5. The van der Waals surface area contributed by atoms with Gasteiger partial charge in [-0.25, -0.2) is 8.78 Å². The number of hydrogen-bond acceptors (Lipinski definition) is 2. The average molecular weight is 321 g/mol. The Labute approximate surface area is 136 Å². The van der Waals surface area contributed by atoms with Gasteiger partial charge in [-0.3, -0.25) is 4.68 Å². The number of anilines is 1. The Hall–Kier alpha value is -1.91. The SMILES string of the molecule is CC.CC(C)N1CCc2cc(-c3cnn(C)c3)c(C(F)F)cc21. The number of aromatic nitrogens is 2. The van der Waals surface area contributed by atoms with Crippen molar-refractivity contribution in [1.29, 1.82) is 0 Å². The highest BCUT2D eigenvalue weighted by Crippen LogP contribution is 2.39. The Kier molecular flexibility index (Phi) is 5.39. The second-order valence-corrected chi connectivity index (χ2v) is 5.81. The zero-order chi connectivity index (χ0) is 17.1. The van der Waals surface area contributed by atoms with Gasteiger partial charge in [0.2, 0.25) is 0 Å². The summed E-state index contributed by atoms with van der Waals surface area (Å²) < 4.78 is 28.6. The monoisotopic (exact) mass is 321 g/mol. The van der Waals surface area contributed by atoms with Gasteiger partial charge in [0.15, 0.2) is 0 Å². The molecule has 0 spiro atoms. The Balaban J connectivity index is 0.000000924. The van der Waals surface area contributed by atoms with E-state index in [-0.39, 0.29) is 5.56 Å². The van der Waals surface area contributed by atoms with Crippen LogP contribution in [0.1, 0.15) is 45.2 Å². The summed E-state index contributed by atoms with van der Waals surface area (Å²) >= 11 is 0.